The smallest absolute Gasteiger partial charge is 0.194 e. The quantitative estimate of drug-likeness (QED) is 0.532. The fourth-order valence-electron chi connectivity index (χ4n) is 3.30. The van der Waals surface area contributed by atoms with Gasteiger partial charge in [0, 0.05) is 17.1 Å². The fourth-order valence-corrected chi connectivity index (χ4v) is 3.71. The van der Waals surface area contributed by atoms with E-state index >= 15 is 0 Å². The van der Waals surface area contributed by atoms with E-state index in [-0.39, 0.29) is 6.04 Å². The third kappa shape index (κ3) is 4.42. The van der Waals surface area contributed by atoms with Crippen LogP contribution in [0.25, 0.3) is 0 Å². The molecule has 3 aromatic rings. The first-order valence-electron chi connectivity index (χ1n) is 9.26. The van der Waals surface area contributed by atoms with Crippen LogP contribution in [0.5, 0.6) is 5.75 Å². The summed E-state index contributed by atoms with van der Waals surface area (Å²) in [4.78, 5) is 0. The molecule has 1 atom stereocenters. The molecule has 0 fully saturated rings. The lowest BCUT2D eigenvalue weighted by molar-refractivity contribution is 0.374. The first-order valence-corrected chi connectivity index (χ1v) is 10.1. The van der Waals surface area contributed by atoms with E-state index in [0.29, 0.717) is 10.1 Å². The lowest BCUT2D eigenvalue weighted by Gasteiger charge is -2.25. The number of nitrogens with zero attached hydrogens (tertiary/aromatic N) is 2. The molecule has 6 heteroatoms. The summed E-state index contributed by atoms with van der Waals surface area (Å²) in [5.41, 5.74) is 4.10. The predicted octanol–water partition coefficient (Wildman–Crippen LogP) is 5.90. The van der Waals surface area contributed by atoms with Crippen LogP contribution in [-0.2, 0) is 0 Å². The van der Waals surface area contributed by atoms with Gasteiger partial charge in [0.2, 0.25) is 0 Å². The first-order chi connectivity index (χ1) is 14.1. The molecule has 1 N–H and O–H groups in total. The Morgan fingerprint density at radius 2 is 1.72 bits per heavy atom. The molecule has 1 aliphatic heterocycles. The average molecular weight is 422 g/mol. The van der Waals surface area contributed by atoms with Crippen molar-refractivity contribution < 1.29 is 4.74 Å². The second-order valence-corrected chi connectivity index (χ2v) is 7.51. The summed E-state index contributed by atoms with van der Waals surface area (Å²) in [6, 6.07) is 25.7. The molecule has 0 aromatic heterocycles. The van der Waals surface area contributed by atoms with Crippen LogP contribution >= 0.6 is 23.8 Å². The van der Waals surface area contributed by atoms with Gasteiger partial charge in [0.15, 0.2) is 5.11 Å². The highest BCUT2D eigenvalue weighted by Crippen LogP contribution is 2.34. The summed E-state index contributed by atoms with van der Waals surface area (Å²) < 4.78 is 5.29. The number of benzene rings is 3. The monoisotopic (exact) mass is 421 g/mol. The molecule has 0 amide bonds. The van der Waals surface area contributed by atoms with Crippen molar-refractivity contribution in [2.24, 2.45) is 5.10 Å². The minimum Gasteiger partial charge on any atom is -0.497 e. The Kier molecular flexibility index (Phi) is 5.79. The van der Waals surface area contributed by atoms with Gasteiger partial charge in [-0.05, 0) is 59.7 Å². The highest BCUT2D eigenvalue weighted by Gasteiger charge is 2.31. The first kappa shape index (κ1) is 19.4. The maximum absolute atomic E-state index is 5.99. The van der Waals surface area contributed by atoms with Gasteiger partial charge in [-0.1, -0.05) is 54.1 Å². The zero-order valence-electron chi connectivity index (χ0n) is 15.9. The lowest BCUT2D eigenvalue weighted by atomic mass is 9.98. The molecule has 29 heavy (non-hydrogen) atoms. The van der Waals surface area contributed by atoms with Crippen LogP contribution in [0.1, 0.15) is 23.6 Å². The van der Waals surface area contributed by atoms with Gasteiger partial charge in [-0.3, -0.25) is 0 Å². The Labute approximate surface area is 180 Å². The number of nitrogens with one attached hydrogen (secondary N) is 1. The van der Waals surface area contributed by atoms with E-state index in [1.165, 1.54) is 0 Å². The summed E-state index contributed by atoms with van der Waals surface area (Å²) >= 11 is 11.7. The number of hydrogen-bond acceptors (Lipinski definition) is 3. The second-order valence-electron chi connectivity index (χ2n) is 6.69. The summed E-state index contributed by atoms with van der Waals surface area (Å²) in [5, 5.41) is 11.2. The van der Waals surface area contributed by atoms with Crippen LogP contribution in [0.2, 0.25) is 5.02 Å². The Bertz CT molecular complexity index is 1020. The minimum atomic E-state index is 0.00316. The van der Waals surface area contributed by atoms with E-state index in [2.05, 4.69) is 29.6 Å². The highest BCUT2D eigenvalue weighted by atomic mass is 35.5. The number of hydrogen-bond donors (Lipinski definition) is 1. The summed E-state index contributed by atoms with van der Waals surface area (Å²) in [6.45, 7) is 0. The van der Waals surface area contributed by atoms with Crippen LogP contribution < -0.4 is 10.1 Å². The summed E-state index contributed by atoms with van der Waals surface area (Å²) in [5.74, 6) is 0.823. The van der Waals surface area contributed by atoms with E-state index in [1.807, 2.05) is 59.6 Å². The SMILES string of the molecule is COc1ccc(C2CC(c3ccccc3)=NN2C(=S)Nc2ccc(Cl)cc2)cc1. The Hall–Kier alpha value is -2.89. The van der Waals surface area contributed by atoms with Crippen LogP contribution in [0.4, 0.5) is 5.69 Å². The van der Waals surface area contributed by atoms with Crippen molar-refractivity contribution in [1.29, 1.82) is 0 Å². The van der Waals surface area contributed by atoms with Crippen molar-refractivity contribution in [2.75, 3.05) is 12.4 Å². The molecular weight excluding hydrogens is 402 g/mol. The van der Waals surface area contributed by atoms with Gasteiger partial charge in [-0.2, -0.15) is 5.10 Å². The maximum Gasteiger partial charge on any atom is 0.194 e. The molecule has 0 saturated heterocycles. The number of anilines is 1. The minimum absolute atomic E-state index is 0.00316. The normalized spacial score (nSPS) is 15.7. The molecule has 146 valence electrons. The van der Waals surface area contributed by atoms with Crippen LogP contribution in [0.3, 0.4) is 0 Å². The van der Waals surface area contributed by atoms with Crippen LogP contribution in [0.15, 0.2) is 84.0 Å². The number of rotatable bonds is 4. The molecule has 0 bridgehead atoms. The number of thiocarbonyl (C=S) groups is 1. The molecule has 1 heterocycles. The maximum atomic E-state index is 5.99. The van der Waals surface area contributed by atoms with Gasteiger partial charge >= 0.3 is 0 Å². The number of ether oxygens (including phenoxy) is 1. The zero-order chi connectivity index (χ0) is 20.2. The van der Waals surface area contributed by atoms with Crippen molar-refractivity contribution in [3.63, 3.8) is 0 Å². The fraction of sp³-hybridized carbons (Fsp3) is 0.130. The van der Waals surface area contributed by atoms with Gasteiger partial charge < -0.3 is 10.1 Å². The van der Waals surface area contributed by atoms with E-state index in [4.69, 9.17) is 33.7 Å². The standard InChI is InChI=1S/C23H20ClN3OS/c1-28-20-13-7-17(8-14-20)22-15-21(16-5-3-2-4-6-16)26-27(22)23(29)25-19-11-9-18(24)10-12-19/h2-14,22H,15H2,1H3,(H,25,29). The predicted molar refractivity (Wildman–Crippen MR) is 123 cm³/mol. The molecule has 0 radical (unpaired) electrons. The Balaban J connectivity index is 1.63. The zero-order valence-corrected chi connectivity index (χ0v) is 17.5. The van der Waals surface area contributed by atoms with Crippen molar-refractivity contribution in [3.05, 3.63) is 95.0 Å². The van der Waals surface area contributed by atoms with E-state index < -0.39 is 0 Å². The third-order valence-electron chi connectivity index (χ3n) is 4.82. The number of hydrazone groups is 1. The molecular formula is C23H20ClN3OS. The van der Waals surface area contributed by atoms with Gasteiger partial charge in [-0.15, -0.1) is 0 Å². The van der Waals surface area contributed by atoms with E-state index in [0.717, 1.165) is 34.7 Å². The van der Waals surface area contributed by atoms with Crippen LogP contribution in [0, 0.1) is 0 Å². The topological polar surface area (TPSA) is 36.9 Å². The molecule has 0 aliphatic carbocycles. The molecule has 1 aliphatic rings. The van der Waals surface area contributed by atoms with E-state index in [9.17, 15) is 0 Å². The average Bonchev–Trinajstić information content (AvgIpc) is 3.22. The van der Waals surface area contributed by atoms with Crippen molar-refractivity contribution in [2.45, 2.75) is 12.5 Å². The molecule has 1 unspecified atom stereocenters. The highest BCUT2D eigenvalue weighted by molar-refractivity contribution is 7.80. The lowest BCUT2D eigenvalue weighted by Crippen LogP contribution is -2.31. The van der Waals surface area contributed by atoms with Gasteiger partial charge in [0.05, 0.1) is 18.9 Å². The van der Waals surface area contributed by atoms with Gasteiger partial charge in [0.25, 0.3) is 0 Å². The Morgan fingerprint density at radius 3 is 2.38 bits per heavy atom. The summed E-state index contributed by atoms with van der Waals surface area (Å²) in [7, 11) is 1.67. The molecule has 3 aromatic carbocycles. The largest absolute Gasteiger partial charge is 0.497 e. The number of methoxy groups -OCH3 is 1. The van der Waals surface area contributed by atoms with Gasteiger partial charge in [0.1, 0.15) is 5.75 Å². The second kappa shape index (κ2) is 8.64. The molecule has 0 saturated carbocycles. The Morgan fingerprint density at radius 1 is 1.03 bits per heavy atom. The van der Waals surface area contributed by atoms with Crippen LogP contribution in [-0.4, -0.2) is 22.9 Å². The van der Waals surface area contributed by atoms with Crippen molar-refractivity contribution in [1.82, 2.24) is 5.01 Å². The third-order valence-corrected chi connectivity index (χ3v) is 5.36. The van der Waals surface area contributed by atoms with Gasteiger partial charge in [-0.25, -0.2) is 5.01 Å². The molecule has 4 rings (SSSR count). The van der Waals surface area contributed by atoms with Crippen molar-refractivity contribution in [3.8, 4) is 5.75 Å². The summed E-state index contributed by atoms with van der Waals surface area (Å²) in [6.07, 6.45) is 0.763. The number of halogens is 1. The molecule has 4 nitrogen and oxygen atoms in total. The van der Waals surface area contributed by atoms with E-state index in [1.54, 1.807) is 7.11 Å². The molecule has 0 spiro atoms. The van der Waals surface area contributed by atoms with Crippen molar-refractivity contribution >= 4 is 40.3 Å².